The van der Waals surface area contributed by atoms with Crippen LogP contribution in [0.15, 0.2) is 79.3 Å². The summed E-state index contributed by atoms with van der Waals surface area (Å²) in [6, 6.07) is 20.9. The van der Waals surface area contributed by atoms with Gasteiger partial charge in [-0.05, 0) is 12.1 Å². The highest BCUT2D eigenvalue weighted by Crippen LogP contribution is 2.32. The molecule has 0 spiro atoms. The van der Waals surface area contributed by atoms with E-state index in [1.165, 1.54) is 16.5 Å². The lowest BCUT2D eigenvalue weighted by molar-refractivity contribution is 0.970. The van der Waals surface area contributed by atoms with Crippen molar-refractivity contribution in [1.82, 2.24) is 23.9 Å². The molecule has 0 amide bonds. The van der Waals surface area contributed by atoms with Crippen LogP contribution in [0.25, 0.3) is 50.2 Å². The number of rotatable bonds is 2. The average Bonchev–Trinajstić information content (AvgIpc) is 3.43. The van der Waals surface area contributed by atoms with Gasteiger partial charge < -0.3 is 9.55 Å². The SMILES string of the molecule is Cn1cc(-c2cc3c(ncc4cnc(-c5ccccc5)n43)[nH]2)c2ccccc21. The Hall–Kier alpha value is -3.86. The van der Waals surface area contributed by atoms with E-state index in [1.54, 1.807) is 0 Å². The van der Waals surface area contributed by atoms with Gasteiger partial charge in [0.25, 0.3) is 0 Å². The fourth-order valence-electron chi connectivity index (χ4n) is 4.03. The molecule has 134 valence electrons. The van der Waals surface area contributed by atoms with Gasteiger partial charge in [0.2, 0.25) is 0 Å². The van der Waals surface area contributed by atoms with Crippen LogP contribution in [0.5, 0.6) is 0 Å². The number of hydrogen-bond acceptors (Lipinski definition) is 2. The topological polar surface area (TPSA) is 50.9 Å². The van der Waals surface area contributed by atoms with Crippen molar-refractivity contribution in [2.24, 2.45) is 7.05 Å². The van der Waals surface area contributed by atoms with Crippen LogP contribution in [0.4, 0.5) is 0 Å². The van der Waals surface area contributed by atoms with E-state index in [4.69, 9.17) is 0 Å². The molecule has 1 N–H and O–H groups in total. The molecule has 0 bridgehead atoms. The van der Waals surface area contributed by atoms with Crippen LogP contribution in [-0.2, 0) is 7.05 Å². The monoisotopic (exact) mass is 363 g/mol. The second-order valence-electron chi connectivity index (χ2n) is 7.05. The van der Waals surface area contributed by atoms with E-state index >= 15 is 0 Å². The lowest BCUT2D eigenvalue weighted by Crippen LogP contribution is -1.92. The second kappa shape index (κ2) is 5.57. The van der Waals surface area contributed by atoms with Crippen molar-refractivity contribution in [3.63, 3.8) is 0 Å². The third kappa shape index (κ3) is 2.07. The minimum atomic E-state index is 0.852. The van der Waals surface area contributed by atoms with Crippen molar-refractivity contribution in [1.29, 1.82) is 0 Å². The predicted octanol–water partition coefficient (Wildman–Crippen LogP) is 5.04. The zero-order valence-corrected chi connectivity index (χ0v) is 15.3. The Kier molecular flexibility index (Phi) is 3.03. The van der Waals surface area contributed by atoms with Gasteiger partial charge in [0.15, 0.2) is 5.65 Å². The number of imidazole rings is 1. The molecule has 5 nitrogen and oxygen atoms in total. The molecule has 0 saturated carbocycles. The quantitative estimate of drug-likeness (QED) is 0.469. The number of fused-ring (bicyclic) bond motifs is 4. The summed E-state index contributed by atoms with van der Waals surface area (Å²) in [6.07, 6.45) is 5.91. The first-order valence-electron chi connectivity index (χ1n) is 9.24. The molecule has 6 aromatic rings. The number of nitrogens with zero attached hydrogens (tertiary/aromatic N) is 4. The van der Waals surface area contributed by atoms with E-state index < -0.39 is 0 Å². The summed E-state index contributed by atoms with van der Waals surface area (Å²) in [6.45, 7) is 0. The molecule has 0 unspecified atom stereocenters. The van der Waals surface area contributed by atoms with Gasteiger partial charge in [-0.15, -0.1) is 0 Å². The van der Waals surface area contributed by atoms with Crippen LogP contribution >= 0.6 is 0 Å². The molecule has 4 aromatic heterocycles. The number of para-hydroxylation sites is 1. The summed E-state index contributed by atoms with van der Waals surface area (Å²) in [4.78, 5) is 12.8. The average molecular weight is 363 g/mol. The normalized spacial score (nSPS) is 11.8. The molecular weight excluding hydrogens is 346 g/mol. The maximum Gasteiger partial charge on any atom is 0.154 e. The largest absolute Gasteiger partial charge is 0.350 e. The van der Waals surface area contributed by atoms with Crippen molar-refractivity contribution in [3.8, 4) is 22.6 Å². The molecular formula is C23H17N5. The van der Waals surface area contributed by atoms with Crippen LogP contribution in [0.1, 0.15) is 0 Å². The highest BCUT2D eigenvalue weighted by Gasteiger charge is 2.15. The molecule has 0 fully saturated rings. The van der Waals surface area contributed by atoms with E-state index in [9.17, 15) is 0 Å². The summed E-state index contributed by atoms with van der Waals surface area (Å²) < 4.78 is 4.33. The molecule has 0 aliphatic carbocycles. The Morgan fingerprint density at radius 1 is 0.857 bits per heavy atom. The summed E-state index contributed by atoms with van der Waals surface area (Å²) >= 11 is 0. The van der Waals surface area contributed by atoms with Crippen molar-refractivity contribution >= 4 is 27.6 Å². The Morgan fingerprint density at radius 2 is 1.64 bits per heavy atom. The van der Waals surface area contributed by atoms with Crippen LogP contribution in [0.3, 0.4) is 0 Å². The maximum atomic E-state index is 4.66. The first kappa shape index (κ1) is 15.2. The van der Waals surface area contributed by atoms with E-state index in [-0.39, 0.29) is 0 Å². The highest BCUT2D eigenvalue weighted by atomic mass is 15.1. The maximum absolute atomic E-state index is 4.66. The van der Waals surface area contributed by atoms with Crippen LogP contribution < -0.4 is 0 Å². The van der Waals surface area contributed by atoms with E-state index in [2.05, 4.69) is 79.6 Å². The van der Waals surface area contributed by atoms with Gasteiger partial charge in [-0.1, -0.05) is 48.5 Å². The first-order valence-corrected chi connectivity index (χ1v) is 9.24. The molecule has 0 aliphatic rings. The number of benzene rings is 2. The molecule has 0 atom stereocenters. The molecule has 0 radical (unpaired) electrons. The first-order chi connectivity index (χ1) is 13.8. The standard InChI is InChI=1S/C23H17N5/c1-27-14-18(17-9-5-6-10-20(17)27)19-11-21-22(26-19)24-12-16-13-25-23(28(16)21)15-7-3-2-4-8-15/h2-14,26H,1H3. The van der Waals surface area contributed by atoms with Crippen molar-refractivity contribution in [2.75, 3.05) is 0 Å². The Labute approximate surface area is 160 Å². The van der Waals surface area contributed by atoms with E-state index in [1.807, 2.05) is 30.6 Å². The molecule has 6 rings (SSSR count). The number of aryl methyl sites for hydroxylation is 1. The summed E-state index contributed by atoms with van der Waals surface area (Å²) in [5, 5.41) is 1.22. The minimum Gasteiger partial charge on any atom is -0.350 e. The van der Waals surface area contributed by atoms with E-state index in [0.29, 0.717) is 0 Å². The molecule has 4 heterocycles. The lowest BCUT2D eigenvalue weighted by atomic mass is 10.1. The van der Waals surface area contributed by atoms with Crippen LogP contribution in [-0.4, -0.2) is 23.9 Å². The fourth-order valence-corrected chi connectivity index (χ4v) is 4.03. The van der Waals surface area contributed by atoms with Crippen molar-refractivity contribution in [3.05, 3.63) is 79.3 Å². The third-order valence-electron chi connectivity index (χ3n) is 5.35. The Bertz CT molecular complexity index is 1470. The zero-order valence-electron chi connectivity index (χ0n) is 15.3. The minimum absolute atomic E-state index is 0.852. The number of H-pyrrole nitrogens is 1. The molecule has 5 heteroatoms. The van der Waals surface area contributed by atoms with Gasteiger partial charge in [-0.3, -0.25) is 4.40 Å². The number of nitrogens with one attached hydrogen (secondary N) is 1. The number of aromatic amines is 1. The molecule has 0 saturated heterocycles. The second-order valence-corrected chi connectivity index (χ2v) is 7.05. The summed E-state index contributed by atoms with van der Waals surface area (Å²) in [5.41, 5.74) is 7.38. The third-order valence-corrected chi connectivity index (χ3v) is 5.35. The van der Waals surface area contributed by atoms with Crippen LogP contribution in [0, 0.1) is 0 Å². The highest BCUT2D eigenvalue weighted by molar-refractivity contribution is 5.97. The smallest absolute Gasteiger partial charge is 0.154 e. The van der Waals surface area contributed by atoms with Gasteiger partial charge in [-0.25, -0.2) is 9.97 Å². The molecule has 0 aliphatic heterocycles. The van der Waals surface area contributed by atoms with Gasteiger partial charge in [0, 0.05) is 35.3 Å². The lowest BCUT2D eigenvalue weighted by Gasteiger charge is -2.02. The molecule has 28 heavy (non-hydrogen) atoms. The van der Waals surface area contributed by atoms with E-state index in [0.717, 1.165) is 33.8 Å². The molecule has 2 aromatic carbocycles. The predicted molar refractivity (Wildman–Crippen MR) is 112 cm³/mol. The van der Waals surface area contributed by atoms with Gasteiger partial charge in [0.05, 0.1) is 29.1 Å². The van der Waals surface area contributed by atoms with Gasteiger partial charge >= 0.3 is 0 Å². The fraction of sp³-hybridized carbons (Fsp3) is 0.0435. The van der Waals surface area contributed by atoms with Gasteiger partial charge in [0.1, 0.15) is 5.82 Å². The van der Waals surface area contributed by atoms with Crippen LogP contribution in [0.2, 0.25) is 0 Å². The Balaban J connectivity index is 1.65. The zero-order chi connectivity index (χ0) is 18.7. The van der Waals surface area contributed by atoms with Crippen molar-refractivity contribution in [2.45, 2.75) is 0 Å². The number of aromatic nitrogens is 5. The number of hydrogen-bond donors (Lipinski definition) is 1. The van der Waals surface area contributed by atoms with Crippen molar-refractivity contribution < 1.29 is 0 Å². The summed E-state index contributed by atoms with van der Waals surface area (Å²) in [7, 11) is 2.08. The summed E-state index contributed by atoms with van der Waals surface area (Å²) in [5.74, 6) is 0.923. The Morgan fingerprint density at radius 3 is 2.54 bits per heavy atom. The van der Waals surface area contributed by atoms with Gasteiger partial charge in [-0.2, -0.15) is 0 Å².